The van der Waals surface area contributed by atoms with Gasteiger partial charge < -0.3 is 16.0 Å². The maximum Gasteiger partial charge on any atom is 0.244 e. The van der Waals surface area contributed by atoms with Gasteiger partial charge in [-0.15, -0.1) is 0 Å². The van der Waals surface area contributed by atoms with Crippen molar-refractivity contribution < 1.29 is 4.79 Å². The number of nitrogens with one attached hydrogen (secondary N) is 1. The molecule has 5 heteroatoms. The van der Waals surface area contributed by atoms with Crippen molar-refractivity contribution in [1.82, 2.24) is 9.88 Å². The number of hydrogen-bond acceptors (Lipinski definition) is 4. The number of nitrogen functional groups attached to an aromatic ring is 1. The minimum Gasteiger partial charge on any atom is -0.397 e. The van der Waals surface area contributed by atoms with E-state index in [1.54, 1.807) is 18.3 Å². The fourth-order valence-electron chi connectivity index (χ4n) is 2.16. The molecule has 1 amide bonds. The van der Waals surface area contributed by atoms with E-state index in [4.69, 9.17) is 5.73 Å². The summed E-state index contributed by atoms with van der Waals surface area (Å²) < 4.78 is 0. The molecule has 18 heavy (non-hydrogen) atoms. The first-order valence-corrected chi connectivity index (χ1v) is 6.43. The zero-order valence-corrected chi connectivity index (χ0v) is 10.7. The highest BCUT2D eigenvalue weighted by Gasteiger charge is 2.21. The summed E-state index contributed by atoms with van der Waals surface area (Å²) >= 11 is 0. The summed E-state index contributed by atoms with van der Waals surface area (Å²) in [6, 6.07) is 3.31. The lowest BCUT2D eigenvalue weighted by Gasteiger charge is -2.29. The first-order chi connectivity index (χ1) is 8.66. The second-order valence-corrected chi connectivity index (χ2v) is 4.73. The lowest BCUT2D eigenvalue weighted by molar-refractivity contribution is -0.132. The lowest BCUT2D eigenvalue weighted by atomic mass is 10.1. The highest BCUT2D eigenvalue weighted by molar-refractivity contribution is 5.84. The fraction of sp³-hybridized carbons (Fsp3) is 0.538. The van der Waals surface area contributed by atoms with E-state index in [-0.39, 0.29) is 11.9 Å². The molecule has 0 aromatic carbocycles. The van der Waals surface area contributed by atoms with Crippen LogP contribution in [0.5, 0.6) is 0 Å². The standard InChI is InChI=1S/C13H20N4O/c1-10(13(18)17-7-3-2-4-8-17)16-12-6-5-11(14)9-15-12/h5-6,9-10H,2-4,7-8,14H2,1H3,(H,15,16). The van der Waals surface area contributed by atoms with Crippen molar-refractivity contribution in [2.24, 2.45) is 0 Å². The molecule has 0 spiro atoms. The van der Waals surface area contributed by atoms with Crippen LogP contribution in [0.1, 0.15) is 26.2 Å². The molecule has 1 fully saturated rings. The van der Waals surface area contributed by atoms with Gasteiger partial charge in [-0.1, -0.05) is 0 Å². The molecule has 1 aromatic rings. The molecular weight excluding hydrogens is 228 g/mol. The van der Waals surface area contributed by atoms with Gasteiger partial charge in [-0.2, -0.15) is 0 Å². The minimum absolute atomic E-state index is 0.147. The maximum absolute atomic E-state index is 12.2. The van der Waals surface area contributed by atoms with E-state index in [9.17, 15) is 4.79 Å². The molecule has 1 aliphatic heterocycles. The Labute approximate surface area is 107 Å². The van der Waals surface area contributed by atoms with Crippen LogP contribution >= 0.6 is 0 Å². The molecule has 2 rings (SSSR count). The third-order valence-corrected chi connectivity index (χ3v) is 3.19. The summed E-state index contributed by atoms with van der Waals surface area (Å²) in [6.07, 6.45) is 5.03. The van der Waals surface area contributed by atoms with Crippen LogP contribution in [-0.2, 0) is 4.79 Å². The van der Waals surface area contributed by atoms with Crippen molar-refractivity contribution in [3.8, 4) is 0 Å². The van der Waals surface area contributed by atoms with Gasteiger partial charge in [-0.25, -0.2) is 4.98 Å². The molecule has 1 aliphatic rings. The molecule has 0 saturated carbocycles. The number of nitrogens with two attached hydrogens (primary N) is 1. The van der Waals surface area contributed by atoms with E-state index in [0.29, 0.717) is 11.5 Å². The highest BCUT2D eigenvalue weighted by Crippen LogP contribution is 2.12. The highest BCUT2D eigenvalue weighted by atomic mass is 16.2. The Balaban J connectivity index is 1.92. The number of piperidine rings is 1. The molecule has 0 radical (unpaired) electrons. The fourth-order valence-corrected chi connectivity index (χ4v) is 2.16. The van der Waals surface area contributed by atoms with Crippen molar-refractivity contribution in [3.63, 3.8) is 0 Å². The third kappa shape index (κ3) is 3.12. The molecule has 1 atom stereocenters. The van der Waals surface area contributed by atoms with Crippen molar-refractivity contribution in [2.45, 2.75) is 32.2 Å². The maximum atomic E-state index is 12.2. The smallest absolute Gasteiger partial charge is 0.244 e. The minimum atomic E-state index is -0.251. The SMILES string of the molecule is CC(Nc1ccc(N)cn1)C(=O)N1CCCCC1. The number of pyridine rings is 1. The zero-order valence-electron chi connectivity index (χ0n) is 10.7. The zero-order chi connectivity index (χ0) is 13.0. The van der Waals surface area contributed by atoms with Crippen LogP contribution in [0.25, 0.3) is 0 Å². The van der Waals surface area contributed by atoms with Crippen LogP contribution in [0.4, 0.5) is 11.5 Å². The van der Waals surface area contributed by atoms with Crippen molar-refractivity contribution >= 4 is 17.4 Å². The molecular formula is C13H20N4O. The van der Waals surface area contributed by atoms with Gasteiger partial charge in [0.15, 0.2) is 0 Å². The Morgan fingerprint density at radius 1 is 1.39 bits per heavy atom. The molecule has 2 heterocycles. The van der Waals surface area contributed by atoms with Gasteiger partial charge in [0, 0.05) is 13.1 Å². The van der Waals surface area contributed by atoms with Crippen LogP contribution in [0.2, 0.25) is 0 Å². The van der Waals surface area contributed by atoms with Crippen molar-refractivity contribution in [1.29, 1.82) is 0 Å². The van der Waals surface area contributed by atoms with Gasteiger partial charge in [-0.05, 0) is 38.3 Å². The molecule has 1 saturated heterocycles. The van der Waals surface area contributed by atoms with Crippen LogP contribution in [-0.4, -0.2) is 34.9 Å². The van der Waals surface area contributed by atoms with Gasteiger partial charge in [0.2, 0.25) is 5.91 Å². The van der Waals surface area contributed by atoms with Gasteiger partial charge in [0.05, 0.1) is 11.9 Å². The number of anilines is 2. The normalized spacial score (nSPS) is 17.3. The molecule has 1 aromatic heterocycles. The Kier molecular flexibility index (Phi) is 4.02. The second kappa shape index (κ2) is 5.71. The Morgan fingerprint density at radius 3 is 2.72 bits per heavy atom. The molecule has 5 nitrogen and oxygen atoms in total. The number of amides is 1. The number of nitrogens with zero attached hydrogens (tertiary/aromatic N) is 2. The average molecular weight is 248 g/mol. The lowest BCUT2D eigenvalue weighted by Crippen LogP contribution is -2.44. The Morgan fingerprint density at radius 2 is 2.11 bits per heavy atom. The summed E-state index contributed by atoms with van der Waals surface area (Å²) in [5.41, 5.74) is 6.19. The summed E-state index contributed by atoms with van der Waals surface area (Å²) in [4.78, 5) is 18.2. The Bertz CT molecular complexity index is 398. The number of likely N-dealkylation sites (tertiary alicyclic amines) is 1. The van der Waals surface area contributed by atoms with E-state index in [0.717, 1.165) is 25.9 Å². The quantitative estimate of drug-likeness (QED) is 0.850. The molecule has 1 unspecified atom stereocenters. The van der Waals surface area contributed by atoms with E-state index >= 15 is 0 Å². The van der Waals surface area contributed by atoms with Gasteiger partial charge in [0.25, 0.3) is 0 Å². The molecule has 98 valence electrons. The number of rotatable bonds is 3. The second-order valence-electron chi connectivity index (χ2n) is 4.73. The molecule has 0 bridgehead atoms. The predicted octanol–water partition coefficient (Wildman–Crippen LogP) is 1.48. The van der Waals surface area contributed by atoms with E-state index in [2.05, 4.69) is 10.3 Å². The predicted molar refractivity (Wildman–Crippen MR) is 72.2 cm³/mol. The third-order valence-electron chi connectivity index (χ3n) is 3.19. The largest absolute Gasteiger partial charge is 0.397 e. The van der Waals surface area contributed by atoms with Crippen LogP contribution in [0.15, 0.2) is 18.3 Å². The first kappa shape index (κ1) is 12.7. The summed E-state index contributed by atoms with van der Waals surface area (Å²) in [7, 11) is 0. The number of hydrogen-bond donors (Lipinski definition) is 2. The van der Waals surface area contributed by atoms with E-state index in [1.165, 1.54) is 6.42 Å². The summed E-state index contributed by atoms with van der Waals surface area (Å²) in [6.45, 7) is 3.62. The van der Waals surface area contributed by atoms with Crippen LogP contribution in [0.3, 0.4) is 0 Å². The van der Waals surface area contributed by atoms with Crippen LogP contribution < -0.4 is 11.1 Å². The average Bonchev–Trinajstić information content (AvgIpc) is 2.41. The summed E-state index contributed by atoms with van der Waals surface area (Å²) in [5.74, 6) is 0.829. The van der Waals surface area contributed by atoms with Crippen molar-refractivity contribution in [2.75, 3.05) is 24.1 Å². The molecule has 0 aliphatic carbocycles. The van der Waals surface area contributed by atoms with Gasteiger partial charge in [0.1, 0.15) is 11.9 Å². The number of carbonyl (C=O) groups excluding carboxylic acids is 1. The molecule has 3 N–H and O–H groups in total. The number of carbonyl (C=O) groups is 1. The monoisotopic (exact) mass is 248 g/mol. The topological polar surface area (TPSA) is 71.2 Å². The number of aromatic nitrogens is 1. The van der Waals surface area contributed by atoms with Gasteiger partial charge in [-0.3, -0.25) is 4.79 Å². The summed E-state index contributed by atoms with van der Waals surface area (Å²) in [5, 5.41) is 3.11. The Hall–Kier alpha value is -1.78. The van der Waals surface area contributed by atoms with E-state index in [1.807, 2.05) is 11.8 Å². The van der Waals surface area contributed by atoms with E-state index < -0.39 is 0 Å². The van der Waals surface area contributed by atoms with Gasteiger partial charge >= 0.3 is 0 Å². The first-order valence-electron chi connectivity index (χ1n) is 6.43. The van der Waals surface area contributed by atoms with Crippen molar-refractivity contribution in [3.05, 3.63) is 18.3 Å². The van der Waals surface area contributed by atoms with Crippen LogP contribution in [0, 0.1) is 0 Å².